The maximum absolute atomic E-state index is 5.61. The Labute approximate surface area is 122 Å². The molecule has 1 heteroatoms. The Kier molecular flexibility index (Phi) is 4.98. The minimum Gasteiger partial charge on any atom is -0.293 e. The van der Waals surface area contributed by atoms with Crippen LogP contribution in [0.5, 0.6) is 0 Å². The first kappa shape index (κ1) is 14.4. The summed E-state index contributed by atoms with van der Waals surface area (Å²) >= 11 is 0. The SMILES string of the molecule is C#CC(CC)NC(c1ccccc1)c1ccccc1C. The molecule has 1 nitrogen and oxygen atoms in total. The molecule has 2 unspecified atom stereocenters. The van der Waals surface area contributed by atoms with Crippen LogP contribution in [0.3, 0.4) is 0 Å². The van der Waals surface area contributed by atoms with Gasteiger partial charge in [-0.15, -0.1) is 6.42 Å². The predicted molar refractivity (Wildman–Crippen MR) is 85.5 cm³/mol. The molecule has 0 radical (unpaired) electrons. The van der Waals surface area contributed by atoms with Crippen molar-refractivity contribution in [1.82, 2.24) is 5.32 Å². The summed E-state index contributed by atoms with van der Waals surface area (Å²) in [7, 11) is 0. The number of nitrogens with one attached hydrogen (secondary N) is 1. The van der Waals surface area contributed by atoms with Crippen molar-refractivity contribution in [1.29, 1.82) is 0 Å². The highest BCUT2D eigenvalue weighted by atomic mass is 14.9. The molecule has 102 valence electrons. The second kappa shape index (κ2) is 6.93. The van der Waals surface area contributed by atoms with E-state index in [1.54, 1.807) is 0 Å². The van der Waals surface area contributed by atoms with Gasteiger partial charge in [0.2, 0.25) is 0 Å². The second-order valence-corrected chi connectivity index (χ2v) is 4.99. The summed E-state index contributed by atoms with van der Waals surface area (Å²) in [6.45, 7) is 4.25. The predicted octanol–water partition coefficient (Wildman–Crippen LogP) is 4.09. The number of rotatable bonds is 5. The van der Waals surface area contributed by atoms with Crippen LogP contribution in [-0.4, -0.2) is 6.04 Å². The zero-order chi connectivity index (χ0) is 14.4. The van der Waals surface area contributed by atoms with Gasteiger partial charge in [-0.05, 0) is 30.0 Å². The molecule has 1 N–H and O–H groups in total. The zero-order valence-electron chi connectivity index (χ0n) is 12.1. The standard InChI is InChI=1S/C19H21N/c1-4-17(5-2)20-19(16-12-7-6-8-13-16)18-14-10-9-11-15(18)3/h1,6-14,17,19-20H,5H2,2-3H3. The van der Waals surface area contributed by atoms with Crippen molar-refractivity contribution in [3.8, 4) is 12.3 Å². The number of terminal acetylenes is 1. The van der Waals surface area contributed by atoms with Crippen LogP contribution in [0.25, 0.3) is 0 Å². The molecular weight excluding hydrogens is 242 g/mol. The van der Waals surface area contributed by atoms with Gasteiger partial charge in [0.05, 0.1) is 12.1 Å². The molecule has 0 saturated heterocycles. The molecular formula is C19H21N. The Morgan fingerprint density at radius 3 is 2.30 bits per heavy atom. The van der Waals surface area contributed by atoms with Crippen molar-refractivity contribution >= 4 is 0 Å². The zero-order valence-corrected chi connectivity index (χ0v) is 12.1. The van der Waals surface area contributed by atoms with E-state index in [0.29, 0.717) is 0 Å². The molecule has 2 aromatic rings. The average molecular weight is 263 g/mol. The van der Waals surface area contributed by atoms with E-state index < -0.39 is 0 Å². The van der Waals surface area contributed by atoms with E-state index >= 15 is 0 Å². The van der Waals surface area contributed by atoms with E-state index in [1.165, 1.54) is 16.7 Å². The lowest BCUT2D eigenvalue weighted by atomic mass is 9.94. The van der Waals surface area contributed by atoms with Gasteiger partial charge < -0.3 is 0 Å². The fraction of sp³-hybridized carbons (Fsp3) is 0.263. The quantitative estimate of drug-likeness (QED) is 0.801. The van der Waals surface area contributed by atoms with Gasteiger partial charge in [-0.1, -0.05) is 67.4 Å². The summed E-state index contributed by atoms with van der Waals surface area (Å²) in [6.07, 6.45) is 6.54. The third-order valence-electron chi connectivity index (χ3n) is 3.61. The van der Waals surface area contributed by atoms with Gasteiger partial charge in [0, 0.05) is 0 Å². The molecule has 0 spiro atoms. The lowest BCUT2D eigenvalue weighted by Crippen LogP contribution is -2.32. The monoisotopic (exact) mass is 263 g/mol. The van der Waals surface area contributed by atoms with E-state index in [9.17, 15) is 0 Å². The van der Waals surface area contributed by atoms with E-state index in [2.05, 4.69) is 73.6 Å². The fourth-order valence-electron chi connectivity index (χ4n) is 2.41. The first-order valence-electron chi connectivity index (χ1n) is 7.09. The van der Waals surface area contributed by atoms with Crippen LogP contribution in [-0.2, 0) is 0 Å². The Hall–Kier alpha value is -2.04. The number of hydrogen-bond acceptors (Lipinski definition) is 1. The maximum Gasteiger partial charge on any atom is 0.0691 e. The highest BCUT2D eigenvalue weighted by Gasteiger charge is 2.18. The van der Waals surface area contributed by atoms with E-state index in [1.807, 2.05) is 6.07 Å². The summed E-state index contributed by atoms with van der Waals surface area (Å²) < 4.78 is 0. The molecule has 0 bridgehead atoms. The van der Waals surface area contributed by atoms with Crippen LogP contribution >= 0.6 is 0 Å². The van der Waals surface area contributed by atoms with Gasteiger partial charge in [0.15, 0.2) is 0 Å². The van der Waals surface area contributed by atoms with Crippen LogP contribution in [0.15, 0.2) is 54.6 Å². The average Bonchev–Trinajstić information content (AvgIpc) is 2.51. The number of hydrogen-bond donors (Lipinski definition) is 1. The third kappa shape index (κ3) is 3.29. The molecule has 0 fully saturated rings. The highest BCUT2D eigenvalue weighted by Crippen LogP contribution is 2.25. The molecule has 0 aromatic heterocycles. The normalized spacial score (nSPS) is 13.4. The number of benzene rings is 2. The maximum atomic E-state index is 5.61. The van der Waals surface area contributed by atoms with Crippen molar-refractivity contribution in [2.45, 2.75) is 32.4 Å². The van der Waals surface area contributed by atoms with E-state index in [-0.39, 0.29) is 12.1 Å². The summed E-state index contributed by atoms with van der Waals surface area (Å²) in [5, 5.41) is 3.59. The fourth-order valence-corrected chi connectivity index (χ4v) is 2.41. The first-order chi connectivity index (χ1) is 9.76. The van der Waals surface area contributed by atoms with Crippen molar-refractivity contribution in [2.24, 2.45) is 0 Å². The second-order valence-electron chi connectivity index (χ2n) is 4.99. The van der Waals surface area contributed by atoms with Crippen LogP contribution in [0, 0.1) is 19.3 Å². The molecule has 20 heavy (non-hydrogen) atoms. The van der Waals surface area contributed by atoms with Crippen LogP contribution in [0.1, 0.15) is 36.1 Å². The van der Waals surface area contributed by atoms with Gasteiger partial charge in [0.1, 0.15) is 0 Å². The van der Waals surface area contributed by atoms with Gasteiger partial charge >= 0.3 is 0 Å². The lowest BCUT2D eigenvalue weighted by Gasteiger charge is -2.24. The van der Waals surface area contributed by atoms with E-state index in [4.69, 9.17) is 6.42 Å². The molecule has 2 aromatic carbocycles. The van der Waals surface area contributed by atoms with Crippen LogP contribution in [0.2, 0.25) is 0 Å². The minimum absolute atomic E-state index is 0.0832. The summed E-state index contributed by atoms with van der Waals surface area (Å²) in [4.78, 5) is 0. The lowest BCUT2D eigenvalue weighted by molar-refractivity contribution is 0.533. The molecule has 0 aliphatic heterocycles. The molecule has 0 aliphatic carbocycles. The van der Waals surface area contributed by atoms with Crippen molar-refractivity contribution in [3.05, 3.63) is 71.3 Å². The van der Waals surface area contributed by atoms with Crippen molar-refractivity contribution in [2.75, 3.05) is 0 Å². The Morgan fingerprint density at radius 2 is 1.70 bits per heavy atom. The summed E-state index contributed by atoms with van der Waals surface area (Å²) in [5.41, 5.74) is 3.81. The molecule has 0 amide bonds. The minimum atomic E-state index is 0.0832. The largest absolute Gasteiger partial charge is 0.293 e. The van der Waals surface area contributed by atoms with Crippen LogP contribution < -0.4 is 5.32 Å². The molecule has 2 atom stereocenters. The van der Waals surface area contributed by atoms with Crippen LogP contribution in [0.4, 0.5) is 0 Å². The summed E-state index contributed by atoms with van der Waals surface area (Å²) in [5.74, 6) is 2.83. The van der Waals surface area contributed by atoms with Crippen molar-refractivity contribution in [3.63, 3.8) is 0 Å². The Morgan fingerprint density at radius 1 is 1.05 bits per heavy atom. The smallest absolute Gasteiger partial charge is 0.0691 e. The molecule has 0 heterocycles. The van der Waals surface area contributed by atoms with Crippen molar-refractivity contribution < 1.29 is 0 Å². The molecule has 0 saturated carbocycles. The third-order valence-corrected chi connectivity index (χ3v) is 3.61. The first-order valence-corrected chi connectivity index (χ1v) is 7.09. The van der Waals surface area contributed by atoms with Gasteiger partial charge in [0.25, 0.3) is 0 Å². The topological polar surface area (TPSA) is 12.0 Å². The summed E-state index contributed by atoms with van der Waals surface area (Å²) in [6, 6.07) is 19.2. The van der Waals surface area contributed by atoms with Gasteiger partial charge in [-0.2, -0.15) is 0 Å². The van der Waals surface area contributed by atoms with Gasteiger partial charge in [-0.3, -0.25) is 5.32 Å². The highest BCUT2D eigenvalue weighted by molar-refractivity contribution is 5.37. The Balaban J connectivity index is 2.40. The molecule has 2 rings (SSSR count). The Bertz CT molecular complexity index is 580. The molecule has 0 aliphatic rings. The number of aryl methyl sites for hydroxylation is 1. The van der Waals surface area contributed by atoms with Gasteiger partial charge in [-0.25, -0.2) is 0 Å². The van der Waals surface area contributed by atoms with E-state index in [0.717, 1.165) is 6.42 Å².